The maximum Gasteiger partial charge on any atom is 0.229 e. The Morgan fingerprint density at radius 3 is 2.30 bits per heavy atom. The van der Waals surface area contributed by atoms with Crippen LogP contribution in [0.1, 0.15) is 22.3 Å². The van der Waals surface area contributed by atoms with Crippen molar-refractivity contribution in [2.75, 3.05) is 16.8 Å². The van der Waals surface area contributed by atoms with Crippen molar-refractivity contribution in [3.63, 3.8) is 0 Å². The van der Waals surface area contributed by atoms with Crippen LogP contribution in [0.2, 0.25) is 5.02 Å². The smallest absolute Gasteiger partial charge is 0.229 e. The molecule has 0 saturated carbocycles. The third-order valence-electron chi connectivity index (χ3n) is 5.08. The first-order valence-corrected chi connectivity index (χ1v) is 9.96. The largest absolute Gasteiger partial charge is 0.325 e. The van der Waals surface area contributed by atoms with E-state index in [1.54, 1.807) is 47.4 Å². The van der Waals surface area contributed by atoms with E-state index in [1.807, 2.05) is 36.4 Å². The molecule has 1 saturated heterocycles. The van der Waals surface area contributed by atoms with Gasteiger partial charge in [-0.25, -0.2) is 0 Å². The average molecular weight is 419 g/mol. The SMILES string of the molecule is O=C(c1ccccc1)c1cc(Cl)ccc1NC(=O)C1CC(=O)N(c2ccccc2)C1. The van der Waals surface area contributed by atoms with Crippen LogP contribution >= 0.6 is 11.6 Å². The number of hydrogen-bond donors (Lipinski definition) is 1. The number of amides is 2. The second-order valence-corrected chi connectivity index (χ2v) is 7.55. The van der Waals surface area contributed by atoms with E-state index in [4.69, 9.17) is 11.6 Å². The lowest BCUT2D eigenvalue weighted by Gasteiger charge is -2.17. The van der Waals surface area contributed by atoms with E-state index in [2.05, 4.69) is 5.32 Å². The summed E-state index contributed by atoms with van der Waals surface area (Å²) in [4.78, 5) is 39.9. The molecule has 6 heteroatoms. The number of carbonyl (C=O) groups excluding carboxylic acids is 3. The van der Waals surface area contributed by atoms with Crippen molar-refractivity contribution in [1.29, 1.82) is 0 Å². The quantitative estimate of drug-likeness (QED) is 0.617. The molecule has 0 aliphatic carbocycles. The number of carbonyl (C=O) groups is 3. The van der Waals surface area contributed by atoms with Crippen LogP contribution in [0.4, 0.5) is 11.4 Å². The molecule has 1 atom stereocenters. The molecule has 1 aliphatic rings. The molecule has 5 nitrogen and oxygen atoms in total. The van der Waals surface area contributed by atoms with E-state index in [0.29, 0.717) is 28.4 Å². The lowest BCUT2D eigenvalue weighted by molar-refractivity contribution is -0.122. The monoisotopic (exact) mass is 418 g/mol. The average Bonchev–Trinajstić information content (AvgIpc) is 3.17. The lowest BCUT2D eigenvalue weighted by atomic mass is 10.0. The summed E-state index contributed by atoms with van der Waals surface area (Å²) < 4.78 is 0. The first kappa shape index (κ1) is 19.9. The van der Waals surface area contributed by atoms with E-state index in [9.17, 15) is 14.4 Å². The molecule has 1 fully saturated rings. The van der Waals surface area contributed by atoms with Crippen molar-refractivity contribution in [3.8, 4) is 0 Å². The molecule has 3 aromatic carbocycles. The van der Waals surface area contributed by atoms with Gasteiger partial charge in [0.05, 0.1) is 11.6 Å². The number of rotatable bonds is 5. The molecule has 2 amide bonds. The van der Waals surface area contributed by atoms with Gasteiger partial charge >= 0.3 is 0 Å². The highest BCUT2D eigenvalue weighted by Gasteiger charge is 2.35. The summed E-state index contributed by atoms with van der Waals surface area (Å²) in [5.74, 6) is -1.14. The van der Waals surface area contributed by atoms with Gasteiger partial charge in [0, 0.05) is 34.8 Å². The molecule has 4 rings (SSSR count). The Kier molecular flexibility index (Phi) is 5.63. The molecular weight excluding hydrogens is 400 g/mol. The first-order valence-electron chi connectivity index (χ1n) is 9.58. The third kappa shape index (κ3) is 4.11. The topological polar surface area (TPSA) is 66.5 Å². The Bertz CT molecular complexity index is 1100. The minimum atomic E-state index is -0.506. The van der Waals surface area contributed by atoms with Gasteiger partial charge in [-0.3, -0.25) is 14.4 Å². The Balaban J connectivity index is 1.54. The van der Waals surface area contributed by atoms with Crippen LogP contribution in [0, 0.1) is 5.92 Å². The summed E-state index contributed by atoms with van der Waals surface area (Å²) >= 11 is 6.10. The number of halogens is 1. The Labute approximate surface area is 179 Å². The van der Waals surface area contributed by atoms with E-state index >= 15 is 0 Å². The number of para-hydroxylation sites is 1. The van der Waals surface area contributed by atoms with Gasteiger partial charge < -0.3 is 10.2 Å². The van der Waals surface area contributed by atoms with E-state index < -0.39 is 5.92 Å². The highest BCUT2D eigenvalue weighted by molar-refractivity contribution is 6.31. The van der Waals surface area contributed by atoms with Gasteiger partial charge in [-0.2, -0.15) is 0 Å². The molecule has 3 aromatic rings. The van der Waals surface area contributed by atoms with Crippen molar-refractivity contribution < 1.29 is 14.4 Å². The standard InChI is InChI=1S/C24H19ClN2O3/c25-18-11-12-21(20(14-18)23(29)16-7-3-1-4-8-16)26-24(30)17-13-22(28)27(15-17)19-9-5-2-6-10-19/h1-12,14,17H,13,15H2,(H,26,30). The number of nitrogens with one attached hydrogen (secondary N) is 1. The zero-order chi connectivity index (χ0) is 21.1. The lowest BCUT2D eigenvalue weighted by Crippen LogP contribution is -2.28. The second-order valence-electron chi connectivity index (χ2n) is 7.12. The van der Waals surface area contributed by atoms with Crippen molar-refractivity contribution in [3.05, 3.63) is 95.0 Å². The van der Waals surface area contributed by atoms with Gasteiger partial charge in [-0.05, 0) is 30.3 Å². The van der Waals surface area contributed by atoms with Crippen LogP contribution in [-0.2, 0) is 9.59 Å². The Morgan fingerprint density at radius 2 is 1.60 bits per heavy atom. The summed E-state index contributed by atoms with van der Waals surface area (Å²) in [6.45, 7) is 0.296. The minimum Gasteiger partial charge on any atom is -0.325 e. The van der Waals surface area contributed by atoms with Crippen LogP contribution in [0.15, 0.2) is 78.9 Å². The zero-order valence-corrected chi connectivity index (χ0v) is 16.8. The fourth-order valence-electron chi connectivity index (χ4n) is 3.53. The van der Waals surface area contributed by atoms with Crippen LogP contribution < -0.4 is 10.2 Å². The normalized spacial score (nSPS) is 15.8. The zero-order valence-electron chi connectivity index (χ0n) is 16.0. The molecule has 0 bridgehead atoms. The predicted molar refractivity (Wildman–Crippen MR) is 117 cm³/mol. The Hall–Kier alpha value is -3.44. The highest BCUT2D eigenvalue weighted by atomic mass is 35.5. The number of benzene rings is 3. The number of nitrogens with zero attached hydrogens (tertiary/aromatic N) is 1. The predicted octanol–water partition coefficient (Wildman–Crippen LogP) is 4.56. The fraction of sp³-hybridized carbons (Fsp3) is 0.125. The van der Waals surface area contributed by atoms with Crippen LogP contribution in [-0.4, -0.2) is 24.1 Å². The number of anilines is 2. The molecule has 1 heterocycles. The van der Waals surface area contributed by atoms with Gasteiger partial charge in [-0.15, -0.1) is 0 Å². The summed E-state index contributed by atoms with van der Waals surface area (Å²) in [5.41, 5.74) is 1.96. The molecule has 0 radical (unpaired) electrons. The fourth-order valence-corrected chi connectivity index (χ4v) is 3.71. The molecule has 1 N–H and O–H groups in total. The van der Waals surface area contributed by atoms with Crippen LogP contribution in [0.25, 0.3) is 0 Å². The highest BCUT2D eigenvalue weighted by Crippen LogP contribution is 2.28. The molecular formula is C24H19ClN2O3. The van der Waals surface area contributed by atoms with Crippen LogP contribution in [0.3, 0.4) is 0 Å². The minimum absolute atomic E-state index is 0.0990. The van der Waals surface area contributed by atoms with Gasteiger partial charge in [0.1, 0.15) is 0 Å². The molecule has 1 unspecified atom stereocenters. The summed E-state index contributed by atoms with van der Waals surface area (Å²) in [5, 5.41) is 3.23. The van der Waals surface area contributed by atoms with E-state index in [1.165, 1.54) is 0 Å². The maximum atomic E-state index is 12.9. The number of ketones is 1. The van der Waals surface area contributed by atoms with Gasteiger partial charge in [0.25, 0.3) is 0 Å². The second kappa shape index (κ2) is 8.51. The number of hydrogen-bond acceptors (Lipinski definition) is 3. The summed E-state index contributed by atoms with van der Waals surface area (Å²) in [6.07, 6.45) is 0.121. The van der Waals surface area contributed by atoms with Gasteiger partial charge in [-0.1, -0.05) is 60.1 Å². The maximum absolute atomic E-state index is 12.9. The van der Waals surface area contributed by atoms with E-state index in [-0.39, 0.29) is 24.0 Å². The molecule has 0 aromatic heterocycles. The molecule has 1 aliphatic heterocycles. The molecule has 30 heavy (non-hydrogen) atoms. The Morgan fingerprint density at radius 1 is 0.933 bits per heavy atom. The van der Waals surface area contributed by atoms with Crippen molar-refractivity contribution in [2.45, 2.75) is 6.42 Å². The van der Waals surface area contributed by atoms with Gasteiger partial charge in [0.2, 0.25) is 11.8 Å². The van der Waals surface area contributed by atoms with Crippen molar-refractivity contribution in [1.82, 2.24) is 0 Å². The molecule has 150 valence electrons. The summed E-state index contributed by atoms with van der Waals surface area (Å²) in [7, 11) is 0. The summed E-state index contributed by atoms with van der Waals surface area (Å²) in [6, 6.07) is 22.8. The third-order valence-corrected chi connectivity index (χ3v) is 5.32. The first-order chi connectivity index (χ1) is 14.5. The van der Waals surface area contributed by atoms with E-state index in [0.717, 1.165) is 5.69 Å². The van der Waals surface area contributed by atoms with Crippen LogP contribution in [0.5, 0.6) is 0 Å². The van der Waals surface area contributed by atoms with Crippen molar-refractivity contribution >= 4 is 40.6 Å². The van der Waals surface area contributed by atoms with Gasteiger partial charge in [0.15, 0.2) is 5.78 Å². The van der Waals surface area contributed by atoms with Crippen molar-refractivity contribution in [2.24, 2.45) is 5.92 Å². The molecule has 0 spiro atoms.